The summed E-state index contributed by atoms with van der Waals surface area (Å²) in [5.74, 6) is 0. The Hall–Kier alpha value is -2.04. The molecule has 1 aromatic rings. The van der Waals surface area contributed by atoms with Gasteiger partial charge in [-0.25, -0.2) is 10.2 Å². The second kappa shape index (κ2) is 5.89. The van der Waals surface area contributed by atoms with Crippen molar-refractivity contribution in [2.45, 2.75) is 25.8 Å². The molecule has 0 aromatic heterocycles. The fourth-order valence-electron chi connectivity index (χ4n) is 1.58. The molecule has 92 valence electrons. The molecule has 0 bridgehead atoms. The molecule has 1 aromatic carbocycles. The highest BCUT2D eigenvalue weighted by Crippen LogP contribution is 2.11. The van der Waals surface area contributed by atoms with E-state index in [1.807, 2.05) is 44.2 Å². The fraction of sp³-hybridized carbons (Fsp3) is 0.333. The molecule has 5 heteroatoms. The Morgan fingerprint density at radius 3 is 2.53 bits per heavy atom. The lowest BCUT2D eigenvalue weighted by Crippen LogP contribution is -2.52. The predicted molar refractivity (Wildman–Crippen MR) is 65.1 cm³/mol. The third kappa shape index (κ3) is 5.01. The van der Waals surface area contributed by atoms with E-state index in [2.05, 4.69) is 16.2 Å². The van der Waals surface area contributed by atoms with Crippen molar-refractivity contribution in [2.75, 3.05) is 0 Å². The van der Waals surface area contributed by atoms with Gasteiger partial charge in [0.1, 0.15) is 0 Å². The highest BCUT2D eigenvalue weighted by Gasteiger charge is 2.20. The van der Waals surface area contributed by atoms with Gasteiger partial charge in [-0.2, -0.15) is 0 Å². The highest BCUT2D eigenvalue weighted by atomic mass is 16.2. The van der Waals surface area contributed by atoms with Crippen molar-refractivity contribution in [1.29, 1.82) is 0 Å². The van der Waals surface area contributed by atoms with Gasteiger partial charge in [0.15, 0.2) is 0 Å². The van der Waals surface area contributed by atoms with Crippen molar-refractivity contribution in [2.24, 2.45) is 0 Å². The van der Waals surface area contributed by atoms with Gasteiger partial charge in [-0.15, -0.1) is 0 Å². The maximum absolute atomic E-state index is 11.4. The van der Waals surface area contributed by atoms with Gasteiger partial charge in [0, 0.05) is 5.54 Å². The number of nitrogens with one attached hydrogen (secondary N) is 3. The van der Waals surface area contributed by atoms with Crippen LogP contribution in [0.25, 0.3) is 0 Å². The zero-order chi connectivity index (χ0) is 12.7. The van der Waals surface area contributed by atoms with Crippen LogP contribution in [0, 0.1) is 0 Å². The topological polar surface area (TPSA) is 70.2 Å². The average Bonchev–Trinajstić information content (AvgIpc) is 2.26. The van der Waals surface area contributed by atoms with Gasteiger partial charge in [0.05, 0.1) is 0 Å². The highest BCUT2D eigenvalue weighted by molar-refractivity contribution is 5.75. The minimum Gasteiger partial charge on any atom is -0.332 e. The van der Waals surface area contributed by atoms with Gasteiger partial charge in [0.2, 0.25) is 6.41 Å². The van der Waals surface area contributed by atoms with E-state index in [4.69, 9.17) is 0 Å². The molecule has 3 amide bonds. The molecule has 0 fully saturated rings. The monoisotopic (exact) mass is 235 g/mol. The Bertz CT molecular complexity index is 377. The summed E-state index contributed by atoms with van der Waals surface area (Å²) < 4.78 is 0. The summed E-state index contributed by atoms with van der Waals surface area (Å²) in [6, 6.07) is 9.44. The van der Waals surface area contributed by atoms with Crippen LogP contribution in [0.2, 0.25) is 0 Å². The normalized spacial score (nSPS) is 10.5. The van der Waals surface area contributed by atoms with Gasteiger partial charge in [-0.05, 0) is 25.8 Å². The minimum atomic E-state index is -0.432. The molecule has 0 saturated heterocycles. The molecule has 1 rings (SSSR count). The first-order valence-electron chi connectivity index (χ1n) is 5.35. The average molecular weight is 235 g/mol. The van der Waals surface area contributed by atoms with Crippen LogP contribution in [-0.2, 0) is 11.2 Å². The maximum atomic E-state index is 11.4. The van der Waals surface area contributed by atoms with E-state index >= 15 is 0 Å². The van der Waals surface area contributed by atoms with E-state index < -0.39 is 11.6 Å². The third-order valence-corrected chi connectivity index (χ3v) is 2.19. The molecule has 17 heavy (non-hydrogen) atoms. The lowest BCUT2D eigenvalue weighted by Gasteiger charge is -2.26. The van der Waals surface area contributed by atoms with Crippen molar-refractivity contribution in [3.8, 4) is 0 Å². The fourth-order valence-corrected chi connectivity index (χ4v) is 1.58. The van der Waals surface area contributed by atoms with Crippen LogP contribution in [0.15, 0.2) is 30.3 Å². The van der Waals surface area contributed by atoms with Gasteiger partial charge in [-0.3, -0.25) is 10.2 Å². The largest absolute Gasteiger partial charge is 0.333 e. The van der Waals surface area contributed by atoms with Crippen LogP contribution < -0.4 is 16.2 Å². The third-order valence-electron chi connectivity index (χ3n) is 2.19. The molecule has 0 aliphatic carbocycles. The molecular weight excluding hydrogens is 218 g/mol. The lowest BCUT2D eigenvalue weighted by molar-refractivity contribution is -0.110. The number of rotatable bonds is 5. The number of benzene rings is 1. The second-order valence-corrected chi connectivity index (χ2v) is 4.39. The summed E-state index contributed by atoms with van der Waals surface area (Å²) in [5.41, 5.74) is 5.05. The summed E-state index contributed by atoms with van der Waals surface area (Å²) in [6.45, 7) is 3.83. The van der Waals surface area contributed by atoms with Crippen LogP contribution in [0.5, 0.6) is 0 Å². The first-order valence-corrected chi connectivity index (χ1v) is 5.35. The number of carbonyl (C=O) groups is 2. The van der Waals surface area contributed by atoms with Crippen LogP contribution in [0.4, 0.5) is 4.79 Å². The van der Waals surface area contributed by atoms with Gasteiger partial charge in [-0.1, -0.05) is 30.3 Å². The summed E-state index contributed by atoms with van der Waals surface area (Å²) in [7, 11) is 0. The molecule has 0 unspecified atom stereocenters. The van der Waals surface area contributed by atoms with E-state index in [0.29, 0.717) is 12.8 Å². The number of hydrogen-bond acceptors (Lipinski definition) is 2. The quantitative estimate of drug-likeness (QED) is 0.525. The van der Waals surface area contributed by atoms with Crippen LogP contribution in [0.1, 0.15) is 19.4 Å². The van der Waals surface area contributed by atoms with Crippen LogP contribution in [0.3, 0.4) is 0 Å². The summed E-state index contributed by atoms with van der Waals surface area (Å²) >= 11 is 0. The molecule has 0 aliphatic rings. The number of urea groups is 1. The molecule has 0 heterocycles. The predicted octanol–water partition coefficient (Wildman–Crippen LogP) is 0.968. The van der Waals surface area contributed by atoms with E-state index in [1.54, 1.807) is 0 Å². The molecule has 3 N–H and O–H groups in total. The Labute approximate surface area is 101 Å². The van der Waals surface area contributed by atoms with E-state index in [9.17, 15) is 9.59 Å². The first kappa shape index (κ1) is 13.0. The number of hydrogen-bond donors (Lipinski definition) is 3. The van der Waals surface area contributed by atoms with Crippen molar-refractivity contribution >= 4 is 12.4 Å². The zero-order valence-corrected chi connectivity index (χ0v) is 9.99. The maximum Gasteiger partial charge on any atom is 0.333 e. The summed E-state index contributed by atoms with van der Waals surface area (Å²) in [4.78, 5) is 21.4. The van der Waals surface area contributed by atoms with Crippen molar-refractivity contribution in [3.05, 3.63) is 35.9 Å². The minimum absolute atomic E-state index is 0.393. The number of carbonyl (C=O) groups excluding carboxylic acids is 2. The standard InChI is InChI=1S/C12H17N3O2/c1-12(2,14-11(17)15-13-9-16)8-10-6-4-3-5-7-10/h3-7,9H,8H2,1-2H3,(H,13,16)(H2,14,15,17). The molecule has 0 aliphatic heterocycles. The molecule has 0 saturated carbocycles. The van der Waals surface area contributed by atoms with E-state index in [1.165, 1.54) is 0 Å². The SMILES string of the molecule is CC(C)(Cc1ccccc1)NC(=O)NNC=O. The van der Waals surface area contributed by atoms with Crippen molar-refractivity contribution in [3.63, 3.8) is 0 Å². The van der Waals surface area contributed by atoms with Crippen molar-refractivity contribution in [1.82, 2.24) is 16.2 Å². The Morgan fingerprint density at radius 2 is 1.94 bits per heavy atom. The van der Waals surface area contributed by atoms with E-state index in [0.717, 1.165) is 5.56 Å². The summed E-state index contributed by atoms with van der Waals surface area (Å²) in [5, 5.41) is 2.77. The van der Waals surface area contributed by atoms with Gasteiger partial charge >= 0.3 is 6.03 Å². The lowest BCUT2D eigenvalue weighted by atomic mass is 9.95. The Morgan fingerprint density at radius 1 is 1.29 bits per heavy atom. The Balaban J connectivity index is 2.51. The molecule has 0 spiro atoms. The second-order valence-electron chi connectivity index (χ2n) is 4.39. The van der Waals surface area contributed by atoms with Crippen LogP contribution >= 0.6 is 0 Å². The molecule has 5 nitrogen and oxygen atoms in total. The van der Waals surface area contributed by atoms with Crippen LogP contribution in [-0.4, -0.2) is 18.0 Å². The van der Waals surface area contributed by atoms with Gasteiger partial charge in [0.25, 0.3) is 0 Å². The first-order chi connectivity index (χ1) is 8.03. The Kier molecular flexibility index (Phi) is 4.51. The number of hydrazine groups is 1. The zero-order valence-electron chi connectivity index (χ0n) is 9.99. The molecule has 0 radical (unpaired) electrons. The smallest absolute Gasteiger partial charge is 0.332 e. The molecule has 0 atom stereocenters. The summed E-state index contributed by atoms with van der Waals surface area (Å²) in [6.07, 6.45) is 1.12. The van der Waals surface area contributed by atoms with Gasteiger partial charge < -0.3 is 5.32 Å². The van der Waals surface area contributed by atoms with E-state index in [-0.39, 0.29) is 0 Å². The van der Waals surface area contributed by atoms with Crippen molar-refractivity contribution < 1.29 is 9.59 Å². The number of amides is 3. The molecular formula is C12H17N3O2.